The molecule has 0 N–H and O–H groups in total. The van der Waals surface area contributed by atoms with Crippen LogP contribution in [0.5, 0.6) is 0 Å². The Bertz CT molecular complexity index is 904. The van der Waals surface area contributed by atoms with Crippen molar-refractivity contribution in [3.8, 4) is 0 Å². The molecule has 2 fully saturated rings. The molecule has 5 heteroatoms. The van der Waals surface area contributed by atoms with E-state index < -0.39 is 0 Å². The highest BCUT2D eigenvalue weighted by molar-refractivity contribution is 5.49. The van der Waals surface area contributed by atoms with E-state index in [-0.39, 0.29) is 11.9 Å². The van der Waals surface area contributed by atoms with Gasteiger partial charge in [-0.3, -0.25) is 4.90 Å². The number of likely N-dealkylation sites (N-methyl/N-ethyl adjacent to an activating group) is 2. The first kappa shape index (κ1) is 20.9. The van der Waals surface area contributed by atoms with Crippen LogP contribution in [0, 0.1) is 5.82 Å². The van der Waals surface area contributed by atoms with Gasteiger partial charge in [0.05, 0.1) is 0 Å². The fourth-order valence-corrected chi connectivity index (χ4v) is 5.89. The van der Waals surface area contributed by atoms with E-state index in [4.69, 9.17) is 0 Å². The van der Waals surface area contributed by atoms with Crippen LogP contribution in [0.2, 0.25) is 0 Å². The Labute approximate surface area is 186 Å². The summed E-state index contributed by atoms with van der Waals surface area (Å²) in [5, 5.41) is 0. The highest BCUT2D eigenvalue weighted by Crippen LogP contribution is 2.42. The summed E-state index contributed by atoms with van der Waals surface area (Å²) in [5.41, 5.74) is 4.89. The number of halogens is 1. The Kier molecular flexibility index (Phi) is 5.76. The molecule has 0 saturated carbocycles. The SMILES string of the molecule is CN1CCN(c2ccc(C3CN(C4CCc5cccc(F)c54)CC3N(C)C)cc2)CC1. The number of hydrogen-bond donors (Lipinski definition) is 0. The second-order valence-electron chi connectivity index (χ2n) is 9.84. The summed E-state index contributed by atoms with van der Waals surface area (Å²) in [6.45, 7) is 6.44. The summed E-state index contributed by atoms with van der Waals surface area (Å²) < 4.78 is 14.7. The quantitative estimate of drug-likeness (QED) is 0.746. The minimum atomic E-state index is -0.0265. The van der Waals surface area contributed by atoms with Gasteiger partial charge >= 0.3 is 0 Å². The molecule has 2 aromatic rings. The van der Waals surface area contributed by atoms with Gasteiger partial charge in [0.2, 0.25) is 0 Å². The van der Waals surface area contributed by atoms with E-state index in [2.05, 4.69) is 71.1 Å². The predicted octanol–water partition coefficient (Wildman–Crippen LogP) is 3.59. The van der Waals surface area contributed by atoms with E-state index in [9.17, 15) is 4.39 Å². The van der Waals surface area contributed by atoms with Gasteiger partial charge < -0.3 is 14.7 Å². The molecule has 0 spiro atoms. The summed E-state index contributed by atoms with van der Waals surface area (Å²) in [7, 11) is 6.56. The molecular weight excluding hydrogens is 387 g/mol. The van der Waals surface area contributed by atoms with Gasteiger partial charge in [-0.2, -0.15) is 0 Å². The van der Waals surface area contributed by atoms with Crippen LogP contribution in [0.1, 0.15) is 35.1 Å². The van der Waals surface area contributed by atoms with Gasteiger partial charge in [-0.1, -0.05) is 24.3 Å². The van der Waals surface area contributed by atoms with Crippen molar-refractivity contribution < 1.29 is 4.39 Å². The monoisotopic (exact) mass is 422 g/mol. The lowest BCUT2D eigenvalue weighted by molar-refractivity contribution is 0.213. The fraction of sp³-hybridized carbons (Fsp3) is 0.538. The van der Waals surface area contributed by atoms with E-state index in [1.54, 1.807) is 6.07 Å². The van der Waals surface area contributed by atoms with Gasteiger partial charge in [0.25, 0.3) is 0 Å². The van der Waals surface area contributed by atoms with E-state index in [1.165, 1.54) is 16.8 Å². The smallest absolute Gasteiger partial charge is 0.128 e. The van der Waals surface area contributed by atoms with Gasteiger partial charge in [0.15, 0.2) is 0 Å². The molecule has 0 aromatic heterocycles. The van der Waals surface area contributed by atoms with Crippen molar-refractivity contribution in [1.29, 1.82) is 0 Å². The third-order valence-electron chi connectivity index (χ3n) is 7.77. The van der Waals surface area contributed by atoms with Crippen molar-refractivity contribution in [1.82, 2.24) is 14.7 Å². The number of fused-ring (bicyclic) bond motifs is 1. The number of benzene rings is 2. The molecule has 166 valence electrons. The molecule has 2 saturated heterocycles. The van der Waals surface area contributed by atoms with Crippen LogP contribution >= 0.6 is 0 Å². The van der Waals surface area contributed by atoms with Crippen molar-refractivity contribution in [3.05, 3.63) is 65.0 Å². The van der Waals surface area contributed by atoms with E-state index >= 15 is 0 Å². The van der Waals surface area contributed by atoms with E-state index in [0.29, 0.717) is 12.0 Å². The number of rotatable bonds is 4. The number of piperazine rings is 1. The van der Waals surface area contributed by atoms with Gasteiger partial charge in [0.1, 0.15) is 5.82 Å². The third-order valence-corrected chi connectivity index (χ3v) is 7.77. The molecule has 0 amide bonds. The first-order valence-corrected chi connectivity index (χ1v) is 11.7. The van der Waals surface area contributed by atoms with E-state index in [1.807, 2.05) is 6.07 Å². The Balaban J connectivity index is 1.35. The van der Waals surface area contributed by atoms with Crippen molar-refractivity contribution in [2.45, 2.75) is 30.8 Å². The maximum Gasteiger partial charge on any atom is 0.128 e. The number of hydrogen-bond acceptors (Lipinski definition) is 4. The third kappa shape index (κ3) is 3.99. The lowest BCUT2D eigenvalue weighted by Crippen LogP contribution is -2.44. The minimum absolute atomic E-state index is 0.0265. The maximum atomic E-state index is 14.7. The average Bonchev–Trinajstić information content (AvgIpc) is 3.40. The number of nitrogens with zero attached hydrogens (tertiary/aromatic N) is 4. The molecule has 3 atom stereocenters. The highest BCUT2D eigenvalue weighted by Gasteiger charge is 2.41. The van der Waals surface area contributed by atoms with Gasteiger partial charge in [-0.15, -0.1) is 0 Å². The highest BCUT2D eigenvalue weighted by atomic mass is 19.1. The predicted molar refractivity (Wildman–Crippen MR) is 125 cm³/mol. The van der Waals surface area contributed by atoms with Gasteiger partial charge in [-0.25, -0.2) is 4.39 Å². The van der Waals surface area contributed by atoms with E-state index in [0.717, 1.165) is 57.7 Å². The van der Waals surface area contributed by atoms with Crippen molar-refractivity contribution in [2.75, 3.05) is 65.3 Å². The normalized spacial score (nSPS) is 27.3. The molecule has 4 nitrogen and oxygen atoms in total. The molecule has 3 aliphatic rings. The Hall–Kier alpha value is -1.95. The van der Waals surface area contributed by atoms with Crippen LogP contribution < -0.4 is 4.90 Å². The number of anilines is 1. The van der Waals surface area contributed by atoms with Crippen LogP contribution in [0.25, 0.3) is 0 Å². The number of aryl methyl sites for hydroxylation is 1. The van der Waals surface area contributed by atoms with Gasteiger partial charge in [0, 0.05) is 68.5 Å². The largest absolute Gasteiger partial charge is 0.369 e. The average molecular weight is 423 g/mol. The number of likely N-dealkylation sites (tertiary alicyclic amines) is 1. The second kappa shape index (κ2) is 8.53. The zero-order chi connectivity index (χ0) is 21.5. The van der Waals surface area contributed by atoms with Crippen molar-refractivity contribution >= 4 is 5.69 Å². The first-order valence-electron chi connectivity index (χ1n) is 11.7. The first-order chi connectivity index (χ1) is 15.0. The summed E-state index contributed by atoms with van der Waals surface area (Å²) in [6.07, 6.45) is 2.02. The van der Waals surface area contributed by atoms with Crippen LogP contribution in [-0.2, 0) is 6.42 Å². The molecular formula is C26H35FN4. The lowest BCUT2D eigenvalue weighted by atomic mass is 9.93. The summed E-state index contributed by atoms with van der Waals surface area (Å²) in [5.74, 6) is 0.425. The van der Waals surface area contributed by atoms with Crippen LogP contribution in [0.15, 0.2) is 42.5 Å². The molecule has 3 unspecified atom stereocenters. The second-order valence-corrected chi connectivity index (χ2v) is 9.84. The van der Waals surface area contributed by atoms with Crippen molar-refractivity contribution in [3.63, 3.8) is 0 Å². The standard InChI is InChI=1S/C26H35FN4/c1-28(2)25-18-31(24-12-9-20-5-4-6-23(27)26(20)24)17-22(25)19-7-10-21(11-8-19)30-15-13-29(3)14-16-30/h4-8,10-11,22,24-25H,9,12-18H2,1-3H3. The summed E-state index contributed by atoms with van der Waals surface area (Å²) in [4.78, 5) is 9.78. The molecule has 1 aliphatic carbocycles. The zero-order valence-electron chi connectivity index (χ0n) is 19.1. The molecule has 0 bridgehead atoms. The van der Waals surface area contributed by atoms with Crippen LogP contribution in [0.4, 0.5) is 10.1 Å². The fourth-order valence-electron chi connectivity index (χ4n) is 5.89. The molecule has 0 radical (unpaired) electrons. The molecule has 2 heterocycles. The summed E-state index contributed by atoms with van der Waals surface area (Å²) in [6, 6.07) is 15.5. The molecule has 2 aromatic carbocycles. The Morgan fingerprint density at radius 3 is 2.39 bits per heavy atom. The molecule has 31 heavy (non-hydrogen) atoms. The van der Waals surface area contributed by atoms with Crippen LogP contribution in [-0.4, -0.2) is 81.2 Å². The molecule has 5 rings (SSSR count). The topological polar surface area (TPSA) is 13.0 Å². The lowest BCUT2D eigenvalue weighted by Gasteiger charge is -2.34. The van der Waals surface area contributed by atoms with Crippen LogP contribution in [0.3, 0.4) is 0 Å². The van der Waals surface area contributed by atoms with Crippen molar-refractivity contribution in [2.24, 2.45) is 0 Å². The Morgan fingerprint density at radius 1 is 0.935 bits per heavy atom. The van der Waals surface area contributed by atoms with Gasteiger partial charge in [-0.05, 0) is 63.3 Å². The zero-order valence-corrected chi connectivity index (χ0v) is 19.1. The molecule has 2 aliphatic heterocycles. The maximum absolute atomic E-state index is 14.7. The minimum Gasteiger partial charge on any atom is -0.369 e. The summed E-state index contributed by atoms with van der Waals surface area (Å²) >= 11 is 0. The Morgan fingerprint density at radius 2 is 1.68 bits per heavy atom.